The van der Waals surface area contributed by atoms with Crippen molar-refractivity contribution in [3.63, 3.8) is 0 Å². The van der Waals surface area contributed by atoms with Crippen LogP contribution < -0.4 is 5.32 Å². The Hall–Kier alpha value is -3.29. The number of hydrogen-bond acceptors (Lipinski definition) is 4. The standard InChI is InChI=1S/C22H22F3NO4/c1-21(2,3)30-20(28)26-18-12-11-17(22(23,24)25)13-16(18)10-7-14-5-8-15(9-6-14)19(27)29-4/h5-13H,1-4H3,(H,26,28)/b10-7+. The number of carbonyl (C=O) groups excluding carboxylic acids is 2. The minimum atomic E-state index is -4.53. The Morgan fingerprint density at radius 3 is 2.13 bits per heavy atom. The Bertz CT molecular complexity index is 942. The first-order chi connectivity index (χ1) is 13.9. The van der Waals surface area contributed by atoms with Gasteiger partial charge in [0.2, 0.25) is 0 Å². The van der Waals surface area contributed by atoms with Crippen LogP contribution in [0.15, 0.2) is 42.5 Å². The number of benzene rings is 2. The maximum absolute atomic E-state index is 13.1. The second kappa shape index (κ2) is 9.02. The molecule has 0 spiro atoms. The van der Waals surface area contributed by atoms with Gasteiger partial charge in [-0.2, -0.15) is 13.2 Å². The Morgan fingerprint density at radius 1 is 0.967 bits per heavy atom. The predicted octanol–water partition coefficient (Wildman–Crippen LogP) is 6.01. The zero-order valence-electron chi connectivity index (χ0n) is 17.0. The van der Waals surface area contributed by atoms with Gasteiger partial charge in [0.1, 0.15) is 5.60 Å². The van der Waals surface area contributed by atoms with Gasteiger partial charge in [-0.3, -0.25) is 5.32 Å². The first kappa shape index (κ1) is 23.0. The molecule has 0 aliphatic rings. The molecule has 0 atom stereocenters. The lowest BCUT2D eigenvalue weighted by Crippen LogP contribution is -2.27. The molecule has 0 heterocycles. The highest BCUT2D eigenvalue weighted by Gasteiger charge is 2.31. The van der Waals surface area contributed by atoms with Gasteiger partial charge in [0.05, 0.1) is 23.9 Å². The first-order valence-electron chi connectivity index (χ1n) is 8.97. The van der Waals surface area contributed by atoms with E-state index in [0.29, 0.717) is 11.1 Å². The molecule has 30 heavy (non-hydrogen) atoms. The molecule has 5 nitrogen and oxygen atoms in total. The van der Waals surface area contributed by atoms with E-state index in [-0.39, 0.29) is 11.3 Å². The fourth-order valence-electron chi connectivity index (χ4n) is 2.44. The summed E-state index contributed by atoms with van der Waals surface area (Å²) in [7, 11) is 1.27. The molecule has 0 aromatic heterocycles. The zero-order chi connectivity index (χ0) is 22.5. The van der Waals surface area contributed by atoms with Crippen LogP contribution >= 0.6 is 0 Å². The highest BCUT2D eigenvalue weighted by Crippen LogP contribution is 2.32. The van der Waals surface area contributed by atoms with Crippen molar-refractivity contribution in [2.24, 2.45) is 0 Å². The van der Waals surface area contributed by atoms with Crippen molar-refractivity contribution < 1.29 is 32.2 Å². The molecule has 2 aromatic rings. The third kappa shape index (κ3) is 6.65. The first-order valence-corrected chi connectivity index (χ1v) is 8.97. The smallest absolute Gasteiger partial charge is 0.416 e. The van der Waals surface area contributed by atoms with Crippen molar-refractivity contribution in [3.05, 3.63) is 64.7 Å². The average Bonchev–Trinajstić information content (AvgIpc) is 2.64. The number of rotatable bonds is 4. The summed E-state index contributed by atoms with van der Waals surface area (Å²) in [6, 6.07) is 9.32. The number of halogens is 3. The molecule has 0 unspecified atom stereocenters. The Kier molecular flexibility index (Phi) is 6.92. The number of ether oxygens (including phenoxy) is 2. The molecule has 1 amide bonds. The van der Waals surface area contributed by atoms with Crippen molar-refractivity contribution in [2.75, 3.05) is 12.4 Å². The van der Waals surface area contributed by atoms with Crippen molar-refractivity contribution in [3.8, 4) is 0 Å². The summed E-state index contributed by atoms with van der Waals surface area (Å²) < 4.78 is 49.1. The lowest BCUT2D eigenvalue weighted by Gasteiger charge is -2.20. The van der Waals surface area contributed by atoms with Crippen LogP contribution in [0.25, 0.3) is 12.2 Å². The molecule has 160 valence electrons. The molecule has 1 N–H and O–H groups in total. The largest absolute Gasteiger partial charge is 0.465 e. The van der Waals surface area contributed by atoms with Gasteiger partial charge in [-0.1, -0.05) is 24.3 Å². The van der Waals surface area contributed by atoms with Crippen molar-refractivity contribution in [1.82, 2.24) is 0 Å². The molecule has 2 aromatic carbocycles. The van der Waals surface area contributed by atoms with Gasteiger partial charge in [0.25, 0.3) is 0 Å². The number of alkyl halides is 3. The molecule has 0 aliphatic carbocycles. The van der Waals surface area contributed by atoms with Crippen LogP contribution in [0.1, 0.15) is 47.8 Å². The van der Waals surface area contributed by atoms with Gasteiger partial charge in [-0.15, -0.1) is 0 Å². The van der Waals surface area contributed by atoms with E-state index < -0.39 is 29.4 Å². The highest BCUT2D eigenvalue weighted by atomic mass is 19.4. The van der Waals surface area contributed by atoms with Crippen LogP contribution in [-0.2, 0) is 15.7 Å². The van der Waals surface area contributed by atoms with Gasteiger partial charge < -0.3 is 9.47 Å². The second-order valence-electron chi connectivity index (χ2n) is 7.37. The summed E-state index contributed by atoms with van der Waals surface area (Å²) in [6.45, 7) is 5.04. The molecular formula is C22H22F3NO4. The summed E-state index contributed by atoms with van der Waals surface area (Å²) in [5.74, 6) is -0.493. The summed E-state index contributed by atoms with van der Waals surface area (Å²) >= 11 is 0. The lowest BCUT2D eigenvalue weighted by molar-refractivity contribution is -0.137. The van der Waals surface area contributed by atoms with Crippen molar-refractivity contribution in [1.29, 1.82) is 0 Å². The lowest BCUT2D eigenvalue weighted by atomic mass is 10.1. The SMILES string of the molecule is COC(=O)c1ccc(/C=C/c2cc(C(F)(F)F)ccc2NC(=O)OC(C)(C)C)cc1. The molecule has 0 aliphatic heterocycles. The number of nitrogens with one attached hydrogen (secondary N) is 1. The van der Waals surface area contributed by atoms with E-state index in [4.69, 9.17) is 4.74 Å². The van der Waals surface area contributed by atoms with Crippen LogP contribution in [0.2, 0.25) is 0 Å². The molecule has 0 bridgehead atoms. The van der Waals surface area contributed by atoms with Crippen LogP contribution in [0, 0.1) is 0 Å². The normalized spacial score (nSPS) is 12.0. The zero-order valence-corrected chi connectivity index (χ0v) is 17.0. The Morgan fingerprint density at radius 2 is 1.60 bits per heavy atom. The quantitative estimate of drug-likeness (QED) is 0.485. The van der Waals surface area contributed by atoms with E-state index in [1.165, 1.54) is 31.4 Å². The van der Waals surface area contributed by atoms with E-state index in [9.17, 15) is 22.8 Å². The number of carbonyl (C=O) groups is 2. The number of amides is 1. The third-order valence-electron chi connectivity index (χ3n) is 3.80. The summed E-state index contributed by atoms with van der Waals surface area (Å²) in [5, 5.41) is 2.47. The number of anilines is 1. The minimum Gasteiger partial charge on any atom is -0.465 e. The van der Waals surface area contributed by atoms with Crippen LogP contribution in [0.3, 0.4) is 0 Å². The maximum Gasteiger partial charge on any atom is 0.416 e. The monoisotopic (exact) mass is 421 g/mol. The van der Waals surface area contributed by atoms with E-state index in [2.05, 4.69) is 10.1 Å². The summed E-state index contributed by atoms with van der Waals surface area (Å²) in [6.07, 6.45) is -2.31. The van der Waals surface area contributed by atoms with Crippen molar-refractivity contribution >= 4 is 29.9 Å². The fraction of sp³-hybridized carbons (Fsp3) is 0.273. The molecule has 0 saturated carbocycles. The van der Waals surface area contributed by atoms with Gasteiger partial charge >= 0.3 is 18.2 Å². The molecule has 8 heteroatoms. The van der Waals surface area contributed by atoms with Gasteiger partial charge in [0, 0.05) is 0 Å². The third-order valence-corrected chi connectivity index (χ3v) is 3.80. The molecular weight excluding hydrogens is 399 g/mol. The molecule has 0 fully saturated rings. The van der Waals surface area contributed by atoms with E-state index in [1.54, 1.807) is 39.0 Å². The second-order valence-corrected chi connectivity index (χ2v) is 7.37. The number of hydrogen-bond donors (Lipinski definition) is 1. The fourth-order valence-corrected chi connectivity index (χ4v) is 2.44. The van der Waals surface area contributed by atoms with Crippen LogP contribution in [0.5, 0.6) is 0 Å². The minimum absolute atomic E-state index is 0.146. The Balaban J connectivity index is 2.33. The summed E-state index contributed by atoms with van der Waals surface area (Å²) in [4.78, 5) is 23.5. The highest BCUT2D eigenvalue weighted by molar-refractivity contribution is 5.91. The Labute approximate surface area is 172 Å². The molecule has 0 saturated heterocycles. The van der Waals surface area contributed by atoms with E-state index in [0.717, 1.165) is 12.1 Å². The van der Waals surface area contributed by atoms with Crippen LogP contribution in [-0.4, -0.2) is 24.8 Å². The number of methoxy groups -OCH3 is 1. The van der Waals surface area contributed by atoms with Crippen LogP contribution in [0.4, 0.5) is 23.7 Å². The van der Waals surface area contributed by atoms with Gasteiger partial charge in [0.15, 0.2) is 0 Å². The molecule has 0 radical (unpaired) electrons. The van der Waals surface area contributed by atoms with Crippen molar-refractivity contribution in [2.45, 2.75) is 32.5 Å². The predicted molar refractivity (Wildman–Crippen MR) is 108 cm³/mol. The topological polar surface area (TPSA) is 64.6 Å². The average molecular weight is 421 g/mol. The van der Waals surface area contributed by atoms with Gasteiger partial charge in [-0.25, -0.2) is 9.59 Å². The summed E-state index contributed by atoms with van der Waals surface area (Å²) in [5.41, 5.74) is -0.303. The van der Waals surface area contributed by atoms with E-state index >= 15 is 0 Å². The molecule has 2 rings (SSSR count). The maximum atomic E-state index is 13.1. The van der Waals surface area contributed by atoms with E-state index in [1.807, 2.05) is 0 Å². The van der Waals surface area contributed by atoms with Gasteiger partial charge in [-0.05, 0) is 62.2 Å². The number of esters is 1.